The first-order chi connectivity index (χ1) is 11.5. The summed E-state index contributed by atoms with van der Waals surface area (Å²) in [5, 5.41) is 11.3. The van der Waals surface area contributed by atoms with Crippen molar-refractivity contribution in [1.29, 1.82) is 0 Å². The molecule has 1 aliphatic rings. The van der Waals surface area contributed by atoms with Crippen molar-refractivity contribution < 1.29 is 0 Å². The summed E-state index contributed by atoms with van der Waals surface area (Å²) < 4.78 is 1.93. The van der Waals surface area contributed by atoms with Crippen LogP contribution in [0.1, 0.15) is 49.6 Å². The maximum Gasteiger partial charge on any atom is 0.191 e. The van der Waals surface area contributed by atoms with Crippen LogP contribution < -0.4 is 10.6 Å². The highest BCUT2D eigenvalue weighted by atomic mass is 15.3. The van der Waals surface area contributed by atoms with E-state index in [-0.39, 0.29) is 0 Å². The fraction of sp³-hybridized carbons (Fsp3) is 0.778. The molecule has 6 nitrogen and oxygen atoms in total. The average molecular weight is 335 g/mol. The number of nitrogens with zero attached hydrogens (tertiary/aromatic N) is 4. The van der Waals surface area contributed by atoms with Gasteiger partial charge in [-0.1, -0.05) is 12.8 Å². The van der Waals surface area contributed by atoms with Crippen LogP contribution in [-0.2, 0) is 13.6 Å². The number of aromatic nitrogens is 2. The summed E-state index contributed by atoms with van der Waals surface area (Å²) >= 11 is 0. The second-order valence-corrected chi connectivity index (χ2v) is 6.81. The van der Waals surface area contributed by atoms with Crippen LogP contribution in [0.4, 0.5) is 0 Å². The van der Waals surface area contributed by atoms with E-state index in [1.165, 1.54) is 36.9 Å². The van der Waals surface area contributed by atoms with Gasteiger partial charge in [0.05, 0.1) is 12.2 Å². The highest BCUT2D eigenvalue weighted by Crippen LogP contribution is 2.21. The molecule has 0 radical (unpaired) electrons. The fourth-order valence-electron chi connectivity index (χ4n) is 3.42. The van der Waals surface area contributed by atoms with Crippen LogP contribution in [0.25, 0.3) is 0 Å². The van der Waals surface area contributed by atoms with Crippen molar-refractivity contribution in [1.82, 2.24) is 25.3 Å². The molecule has 1 aliphatic carbocycles. The molecule has 0 saturated heterocycles. The quantitative estimate of drug-likeness (QED) is 0.591. The summed E-state index contributed by atoms with van der Waals surface area (Å²) in [5.74, 6) is 0.889. The summed E-state index contributed by atoms with van der Waals surface area (Å²) in [6.45, 7) is 9.76. The van der Waals surface area contributed by atoms with Gasteiger partial charge < -0.3 is 15.5 Å². The number of aliphatic imine (C=N–C) groups is 1. The molecular weight excluding hydrogens is 300 g/mol. The van der Waals surface area contributed by atoms with Gasteiger partial charge in [-0.3, -0.25) is 4.68 Å². The molecule has 0 aliphatic heterocycles. The van der Waals surface area contributed by atoms with E-state index in [0.717, 1.165) is 37.3 Å². The van der Waals surface area contributed by atoms with Gasteiger partial charge in [0.2, 0.25) is 0 Å². The highest BCUT2D eigenvalue weighted by Gasteiger charge is 2.18. The third-order valence-electron chi connectivity index (χ3n) is 5.10. The van der Waals surface area contributed by atoms with Crippen LogP contribution in [0, 0.1) is 13.8 Å². The molecular formula is C18H34N6. The summed E-state index contributed by atoms with van der Waals surface area (Å²) in [4.78, 5) is 7.22. The molecule has 1 aromatic heterocycles. The Labute approximate surface area is 146 Å². The molecule has 0 atom stereocenters. The molecule has 0 amide bonds. The van der Waals surface area contributed by atoms with Gasteiger partial charge in [0.25, 0.3) is 0 Å². The smallest absolute Gasteiger partial charge is 0.191 e. The maximum absolute atomic E-state index is 4.74. The number of hydrogen-bond acceptors (Lipinski definition) is 3. The Morgan fingerprint density at radius 2 is 2.00 bits per heavy atom. The van der Waals surface area contributed by atoms with Gasteiger partial charge in [-0.25, -0.2) is 4.99 Å². The van der Waals surface area contributed by atoms with E-state index >= 15 is 0 Å². The lowest BCUT2D eigenvalue weighted by Gasteiger charge is -2.24. The lowest BCUT2D eigenvalue weighted by Crippen LogP contribution is -2.42. The first kappa shape index (κ1) is 18.8. The summed E-state index contributed by atoms with van der Waals surface area (Å²) in [6, 6.07) is 0.770. The average Bonchev–Trinajstić information content (AvgIpc) is 3.15. The van der Waals surface area contributed by atoms with Crippen molar-refractivity contribution in [2.45, 2.75) is 59.0 Å². The first-order valence-electron chi connectivity index (χ1n) is 9.24. The van der Waals surface area contributed by atoms with E-state index < -0.39 is 0 Å². The van der Waals surface area contributed by atoms with Crippen molar-refractivity contribution in [3.63, 3.8) is 0 Å². The van der Waals surface area contributed by atoms with E-state index in [9.17, 15) is 0 Å². The molecule has 6 heteroatoms. The van der Waals surface area contributed by atoms with Gasteiger partial charge in [0.15, 0.2) is 5.96 Å². The Morgan fingerprint density at radius 3 is 2.58 bits per heavy atom. The molecule has 2 N–H and O–H groups in total. The summed E-state index contributed by atoms with van der Waals surface area (Å²) in [6.07, 6.45) is 5.47. The molecule has 0 aromatic carbocycles. The van der Waals surface area contributed by atoms with E-state index in [4.69, 9.17) is 4.99 Å². The van der Waals surface area contributed by atoms with E-state index in [1.54, 1.807) is 0 Å². The van der Waals surface area contributed by atoms with Crippen LogP contribution in [0.3, 0.4) is 0 Å². The third kappa shape index (κ3) is 4.97. The molecule has 1 aromatic rings. The SMILES string of the molecule is CCNC(=NCc1c(C)nn(C)c1C)NCCN(C)C1CCCC1. The zero-order valence-corrected chi connectivity index (χ0v) is 16.0. The van der Waals surface area contributed by atoms with E-state index in [2.05, 4.69) is 48.5 Å². The molecule has 2 rings (SSSR count). The molecule has 1 fully saturated rings. The van der Waals surface area contributed by atoms with Gasteiger partial charge in [-0.15, -0.1) is 0 Å². The van der Waals surface area contributed by atoms with Crippen molar-refractivity contribution in [2.75, 3.05) is 26.7 Å². The maximum atomic E-state index is 4.74. The lowest BCUT2D eigenvalue weighted by molar-refractivity contribution is 0.249. The number of guanidine groups is 1. The Morgan fingerprint density at radius 1 is 1.29 bits per heavy atom. The third-order valence-corrected chi connectivity index (χ3v) is 5.10. The topological polar surface area (TPSA) is 57.5 Å². The number of hydrogen-bond donors (Lipinski definition) is 2. The van der Waals surface area contributed by atoms with Crippen molar-refractivity contribution in [3.05, 3.63) is 17.0 Å². The predicted octanol–water partition coefficient (Wildman–Crippen LogP) is 1.97. The van der Waals surface area contributed by atoms with Gasteiger partial charge >= 0.3 is 0 Å². The highest BCUT2D eigenvalue weighted by molar-refractivity contribution is 5.79. The Bertz CT molecular complexity index is 542. The van der Waals surface area contributed by atoms with Crippen LogP contribution in [-0.4, -0.2) is 53.4 Å². The van der Waals surface area contributed by atoms with Crippen molar-refractivity contribution in [2.24, 2.45) is 12.0 Å². The Hall–Kier alpha value is -1.56. The second kappa shape index (κ2) is 9.06. The molecule has 0 bridgehead atoms. The van der Waals surface area contributed by atoms with Crippen LogP contribution >= 0.6 is 0 Å². The summed E-state index contributed by atoms with van der Waals surface area (Å²) in [5.41, 5.74) is 3.47. The number of likely N-dealkylation sites (N-methyl/N-ethyl adjacent to an activating group) is 1. The zero-order chi connectivity index (χ0) is 17.5. The second-order valence-electron chi connectivity index (χ2n) is 6.81. The number of rotatable bonds is 7. The van der Waals surface area contributed by atoms with Gasteiger partial charge in [-0.2, -0.15) is 5.10 Å². The normalized spacial score (nSPS) is 16.2. The standard InChI is InChI=1S/C18H34N6/c1-6-19-18(20-11-12-23(4)16-9-7-8-10-16)21-13-17-14(2)22-24(5)15(17)3/h16H,6-13H2,1-5H3,(H2,19,20,21). The number of nitrogens with one attached hydrogen (secondary N) is 2. The van der Waals surface area contributed by atoms with Crippen LogP contribution in [0.15, 0.2) is 4.99 Å². The van der Waals surface area contributed by atoms with Crippen molar-refractivity contribution in [3.8, 4) is 0 Å². The van der Waals surface area contributed by atoms with E-state index in [0.29, 0.717) is 6.54 Å². The van der Waals surface area contributed by atoms with Crippen LogP contribution in [0.5, 0.6) is 0 Å². The Kier molecular flexibility index (Phi) is 7.09. The van der Waals surface area contributed by atoms with Gasteiger partial charge in [0, 0.05) is 44.0 Å². The zero-order valence-electron chi connectivity index (χ0n) is 16.0. The molecule has 0 spiro atoms. The summed E-state index contributed by atoms with van der Waals surface area (Å²) in [7, 11) is 4.22. The largest absolute Gasteiger partial charge is 0.357 e. The predicted molar refractivity (Wildman–Crippen MR) is 100 cm³/mol. The first-order valence-corrected chi connectivity index (χ1v) is 9.24. The molecule has 1 heterocycles. The molecule has 24 heavy (non-hydrogen) atoms. The molecule has 1 saturated carbocycles. The Balaban J connectivity index is 1.86. The van der Waals surface area contributed by atoms with E-state index in [1.807, 2.05) is 11.7 Å². The van der Waals surface area contributed by atoms with Gasteiger partial charge in [0.1, 0.15) is 0 Å². The lowest BCUT2D eigenvalue weighted by atomic mass is 10.2. The number of aryl methyl sites for hydroxylation is 2. The molecule has 136 valence electrons. The van der Waals surface area contributed by atoms with Crippen molar-refractivity contribution >= 4 is 5.96 Å². The molecule has 0 unspecified atom stereocenters. The van der Waals surface area contributed by atoms with Crippen LogP contribution in [0.2, 0.25) is 0 Å². The minimum atomic E-state index is 0.666. The van der Waals surface area contributed by atoms with Gasteiger partial charge in [-0.05, 0) is 40.7 Å². The minimum Gasteiger partial charge on any atom is -0.357 e. The minimum absolute atomic E-state index is 0.666. The fourth-order valence-corrected chi connectivity index (χ4v) is 3.42. The monoisotopic (exact) mass is 334 g/mol.